The van der Waals surface area contributed by atoms with Crippen molar-refractivity contribution in [3.8, 4) is 11.5 Å². The molecule has 1 heterocycles. The zero-order chi connectivity index (χ0) is 20.3. The molecule has 0 atom stereocenters. The molecule has 1 aliphatic heterocycles. The molecule has 1 aliphatic carbocycles. The second-order valence-electron chi connectivity index (χ2n) is 6.97. The smallest absolute Gasteiger partial charge is 0.277 e. The molecule has 0 bridgehead atoms. The van der Waals surface area contributed by atoms with Gasteiger partial charge in [0.15, 0.2) is 16.6 Å². The molecule has 7 heteroatoms. The van der Waals surface area contributed by atoms with E-state index in [1.54, 1.807) is 23.0 Å². The van der Waals surface area contributed by atoms with Crippen LogP contribution in [0.25, 0.3) is 6.08 Å². The Balaban J connectivity index is 1.91. The van der Waals surface area contributed by atoms with E-state index in [1.807, 2.05) is 25.3 Å². The summed E-state index contributed by atoms with van der Waals surface area (Å²) in [6, 6.07) is 3.96. The Bertz CT molecular complexity index is 818. The fourth-order valence-electron chi connectivity index (χ4n) is 3.70. The van der Waals surface area contributed by atoms with E-state index in [0.29, 0.717) is 28.9 Å². The molecule has 0 radical (unpaired) electrons. The van der Waals surface area contributed by atoms with Crippen LogP contribution in [0.1, 0.15) is 37.7 Å². The summed E-state index contributed by atoms with van der Waals surface area (Å²) in [5.41, 5.74) is 1.41. The molecule has 3 rings (SSSR count). The quantitative estimate of drug-likeness (QED) is 0.345. The third kappa shape index (κ3) is 4.10. The van der Waals surface area contributed by atoms with E-state index >= 15 is 0 Å². The van der Waals surface area contributed by atoms with Crippen LogP contribution in [0.3, 0.4) is 0 Å². The van der Waals surface area contributed by atoms with Gasteiger partial charge in [0.1, 0.15) is 12.3 Å². The second kappa shape index (κ2) is 9.09. The van der Waals surface area contributed by atoms with Crippen LogP contribution < -0.4 is 9.47 Å². The van der Waals surface area contributed by atoms with Crippen molar-refractivity contribution in [3.63, 3.8) is 0 Å². The van der Waals surface area contributed by atoms with Crippen LogP contribution in [0.15, 0.2) is 35.0 Å². The van der Waals surface area contributed by atoms with Crippen molar-refractivity contribution in [2.24, 2.45) is 0 Å². The molecule has 5 nitrogen and oxygen atoms in total. The van der Waals surface area contributed by atoms with Gasteiger partial charge in [0, 0.05) is 13.1 Å². The molecule has 28 heavy (non-hydrogen) atoms. The number of hydrogen-bond donors (Lipinski definition) is 0. The highest BCUT2D eigenvalue weighted by Crippen LogP contribution is 2.38. The van der Waals surface area contributed by atoms with Crippen LogP contribution in [0, 0.1) is 0 Å². The van der Waals surface area contributed by atoms with Gasteiger partial charge in [-0.3, -0.25) is 9.69 Å². The lowest BCUT2D eigenvalue weighted by atomic mass is 9.94. The average Bonchev–Trinajstić information content (AvgIpc) is 2.90. The Hall–Kier alpha value is -1.86. The summed E-state index contributed by atoms with van der Waals surface area (Å²) in [7, 11) is 3.44. The molecule has 1 saturated heterocycles. The van der Waals surface area contributed by atoms with Gasteiger partial charge in [0.05, 0.1) is 11.6 Å². The molecule has 0 aromatic heterocycles. The number of halogens is 1. The van der Waals surface area contributed by atoms with Gasteiger partial charge in [-0.25, -0.2) is 0 Å². The molecule has 1 saturated carbocycles. The van der Waals surface area contributed by atoms with Gasteiger partial charge in [0.2, 0.25) is 0 Å². The fraction of sp³-hybridized carbons (Fsp3) is 0.429. The van der Waals surface area contributed by atoms with Gasteiger partial charge in [0.25, 0.3) is 5.91 Å². The third-order valence-corrected chi connectivity index (χ3v) is 6.19. The summed E-state index contributed by atoms with van der Waals surface area (Å²) in [5.74, 6) is 1.17. The van der Waals surface area contributed by atoms with E-state index < -0.39 is 0 Å². The predicted molar refractivity (Wildman–Crippen MR) is 118 cm³/mol. The maximum atomic E-state index is 13.1. The average molecular weight is 465 g/mol. The number of rotatable bonds is 6. The first-order valence-corrected chi connectivity index (χ1v) is 10.6. The maximum Gasteiger partial charge on any atom is 0.277 e. The van der Waals surface area contributed by atoms with Gasteiger partial charge in [-0.2, -0.15) is 0 Å². The summed E-state index contributed by atoms with van der Waals surface area (Å²) in [6.07, 6.45) is 9.09. The van der Waals surface area contributed by atoms with Gasteiger partial charge in [-0.15, -0.1) is 0 Å². The summed E-state index contributed by atoms with van der Waals surface area (Å²) in [5, 5.41) is 0.583. The predicted octanol–water partition coefficient (Wildman–Crippen LogP) is 4.76. The molecule has 1 aromatic rings. The second-order valence-corrected chi connectivity index (χ2v) is 8.19. The topological polar surface area (TPSA) is 42.0 Å². The van der Waals surface area contributed by atoms with Crippen LogP contribution in [0.5, 0.6) is 11.5 Å². The van der Waals surface area contributed by atoms with E-state index in [4.69, 9.17) is 21.7 Å². The summed E-state index contributed by atoms with van der Waals surface area (Å²) in [6.45, 7) is 4.04. The van der Waals surface area contributed by atoms with Crippen molar-refractivity contribution in [1.29, 1.82) is 0 Å². The monoisotopic (exact) mass is 464 g/mol. The fourth-order valence-corrected chi connectivity index (χ4v) is 4.61. The molecule has 1 amide bonds. The minimum absolute atomic E-state index is 0.0264. The third-order valence-electron chi connectivity index (χ3n) is 5.13. The van der Waals surface area contributed by atoms with Crippen LogP contribution in [-0.4, -0.2) is 47.6 Å². The standard InChI is InChI=1S/C21H25BrN2O3S/c1-4-10-27-19-16(22)11-14(13-18(19)26-3)12-17-20(25)24(21(28)23(17)2)15-8-6-5-7-9-15/h4,11-13,15H,1,5-10H2,2-3H3/b17-12-. The van der Waals surface area contributed by atoms with Crippen molar-refractivity contribution in [2.45, 2.75) is 38.1 Å². The Morgan fingerprint density at radius 2 is 2.04 bits per heavy atom. The minimum atomic E-state index is -0.0264. The zero-order valence-electron chi connectivity index (χ0n) is 16.2. The lowest BCUT2D eigenvalue weighted by Crippen LogP contribution is -2.41. The lowest BCUT2D eigenvalue weighted by Gasteiger charge is -2.30. The number of thiocarbonyl (C=S) groups is 1. The zero-order valence-corrected chi connectivity index (χ0v) is 18.6. The molecule has 2 fully saturated rings. The van der Waals surface area contributed by atoms with Crippen molar-refractivity contribution in [1.82, 2.24) is 9.80 Å². The lowest BCUT2D eigenvalue weighted by molar-refractivity contribution is -0.124. The first-order valence-electron chi connectivity index (χ1n) is 9.42. The number of hydrogen-bond acceptors (Lipinski definition) is 4. The Labute approximate surface area is 180 Å². The molecule has 0 unspecified atom stereocenters. The largest absolute Gasteiger partial charge is 0.493 e. The van der Waals surface area contributed by atoms with E-state index in [9.17, 15) is 4.79 Å². The SMILES string of the molecule is C=CCOc1c(Br)cc(/C=C2/C(=O)N(C3CCCCC3)C(=S)N2C)cc1OC. The minimum Gasteiger partial charge on any atom is -0.493 e. The first-order chi connectivity index (χ1) is 13.5. The van der Waals surface area contributed by atoms with E-state index in [2.05, 4.69) is 22.5 Å². The molecule has 150 valence electrons. The number of benzene rings is 1. The molecule has 1 aromatic carbocycles. The van der Waals surface area contributed by atoms with Gasteiger partial charge in [-0.05, 0) is 64.8 Å². The molecule has 0 N–H and O–H groups in total. The van der Waals surface area contributed by atoms with Crippen LogP contribution in [0.4, 0.5) is 0 Å². The summed E-state index contributed by atoms with van der Waals surface area (Å²) >= 11 is 9.12. The molecule has 0 spiro atoms. The highest BCUT2D eigenvalue weighted by Gasteiger charge is 2.40. The van der Waals surface area contributed by atoms with Crippen molar-refractivity contribution in [2.75, 3.05) is 20.8 Å². The van der Waals surface area contributed by atoms with Gasteiger partial charge >= 0.3 is 0 Å². The van der Waals surface area contributed by atoms with Gasteiger partial charge < -0.3 is 14.4 Å². The highest BCUT2D eigenvalue weighted by atomic mass is 79.9. The highest BCUT2D eigenvalue weighted by molar-refractivity contribution is 9.10. The van der Waals surface area contributed by atoms with Gasteiger partial charge in [-0.1, -0.05) is 31.9 Å². The van der Waals surface area contributed by atoms with Crippen LogP contribution in [0.2, 0.25) is 0 Å². The van der Waals surface area contributed by atoms with Crippen molar-refractivity contribution < 1.29 is 14.3 Å². The summed E-state index contributed by atoms with van der Waals surface area (Å²) < 4.78 is 11.9. The Morgan fingerprint density at radius 1 is 1.32 bits per heavy atom. The first kappa shape index (κ1) is 20.9. The van der Waals surface area contributed by atoms with Crippen LogP contribution in [-0.2, 0) is 4.79 Å². The maximum absolute atomic E-state index is 13.1. The molecular formula is C21H25BrN2O3S. The summed E-state index contributed by atoms with van der Waals surface area (Å²) in [4.78, 5) is 16.7. The van der Waals surface area contributed by atoms with Crippen molar-refractivity contribution >= 4 is 45.2 Å². The van der Waals surface area contributed by atoms with E-state index in [0.717, 1.165) is 35.7 Å². The van der Waals surface area contributed by atoms with E-state index in [1.165, 1.54) is 6.42 Å². The number of carbonyl (C=O) groups is 1. The number of ether oxygens (including phenoxy) is 2. The molecule has 2 aliphatic rings. The Kier molecular flexibility index (Phi) is 6.78. The number of nitrogens with zero attached hydrogens (tertiary/aromatic N) is 2. The van der Waals surface area contributed by atoms with E-state index in [-0.39, 0.29) is 11.9 Å². The normalized spacial score (nSPS) is 19.5. The number of amides is 1. The Morgan fingerprint density at radius 3 is 2.68 bits per heavy atom. The molecular weight excluding hydrogens is 440 g/mol. The number of likely N-dealkylation sites (N-methyl/N-ethyl adjacent to an activating group) is 1. The van der Waals surface area contributed by atoms with Crippen molar-refractivity contribution in [3.05, 3.63) is 40.5 Å². The van der Waals surface area contributed by atoms with Crippen LogP contribution >= 0.6 is 28.1 Å². The number of methoxy groups -OCH3 is 1. The number of carbonyl (C=O) groups excluding carboxylic acids is 1.